The number of tetrazole rings is 1. The molecule has 4 rings (SSSR count). The summed E-state index contributed by atoms with van der Waals surface area (Å²) in [5, 5.41) is 13.4. The minimum atomic E-state index is -0.248. The number of pyridine rings is 1. The number of hydrogen-bond donors (Lipinski definition) is 1. The molecule has 0 saturated heterocycles. The number of benzene rings is 2. The predicted octanol–water partition coefficient (Wildman–Crippen LogP) is 4.04. The number of aromatic nitrogens is 5. The van der Waals surface area contributed by atoms with E-state index in [0.717, 1.165) is 34.5 Å². The maximum absolute atomic E-state index is 12.9. The van der Waals surface area contributed by atoms with Gasteiger partial charge in [0.1, 0.15) is 5.75 Å². The summed E-state index contributed by atoms with van der Waals surface area (Å²) in [4.78, 5) is 18.2. The molecule has 0 atom stereocenters. The van der Waals surface area contributed by atoms with Crippen LogP contribution in [0.4, 0.5) is 0 Å². The average Bonchev–Trinajstić information content (AvgIpc) is 3.28. The summed E-state index contributed by atoms with van der Waals surface area (Å²) < 4.78 is 7.13. The first-order valence-corrected chi connectivity index (χ1v) is 11.5. The maximum atomic E-state index is 12.9. The number of methoxy groups -OCH3 is 1. The van der Waals surface area contributed by atoms with E-state index in [4.69, 9.17) is 4.74 Å². The molecule has 1 N–H and O–H groups in total. The van der Waals surface area contributed by atoms with Crippen molar-refractivity contribution < 1.29 is 4.74 Å². The molecule has 8 heteroatoms. The molecule has 4 aromatic rings. The highest BCUT2D eigenvalue weighted by atomic mass is 16.5. The van der Waals surface area contributed by atoms with Gasteiger partial charge in [0.15, 0.2) is 5.82 Å². The van der Waals surface area contributed by atoms with Crippen LogP contribution in [0.2, 0.25) is 0 Å². The van der Waals surface area contributed by atoms with E-state index in [1.165, 1.54) is 5.56 Å². The van der Waals surface area contributed by atoms with Crippen molar-refractivity contribution in [3.63, 3.8) is 0 Å². The summed E-state index contributed by atoms with van der Waals surface area (Å²) in [6.07, 6.45) is 0.948. The molecule has 0 amide bonds. The molecule has 0 radical (unpaired) electrons. The van der Waals surface area contributed by atoms with Crippen molar-refractivity contribution in [1.82, 2.24) is 30.1 Å². The third kappa shape index (κ3) is 5.34. The number of aromatic amines is 1. The first-order chi connectivity index (χ1) is 16.3. The Kier molecular flexibility index (Phi) is 6.79. The molecule has 0 unspecified atom stereocenters. The monoisotopic (exact) mass is 460 g/mol. The van der Waals surface area contributed by atoms with Crippen LogP contribution in [-0.2, 0) is 31.6 Å². The average molecular weight is 461 g/mol. The van der Waals surface area contributed by atoms with Crippen LogP contribution in [0.15, 0.2) is 53.3 Å². The number of rotatable bonds is 8. The van der Waals surface area contributed by atoms with Crippen LogP contribution in [0.5, 0.6) is 5.75 Å². The van der Waals surface area contributed by atoms with E-state index in [2.05, 4.69) is 65.2 Å². The molecule has 0 fully saturated rings. The van der Waals surface area contributed by atoms with Crippen LogP contribution in [0, 0.1) is 0 Å². The van der Waals surface area contributed by atoms with Crippen LogP contribution in [0.1, 0.15) is 50.2 Å². The first-order valence-electron chi connectivity index (χ1n) is 11.5. The fourth-order valence-electron chi connectivity index (χ4n) is 4.06. The van der Waals surface area contributed by atoms with Gasteiger partial charge < -0.3 is 9.72 Å². The molecule has 2 heterocycles. The second-order valence-corrected chi connectivity index (χ2v) is 9.57. The molecular formula is C26H32N6O2. The molecule has 0 aliphatic heterocycles. The predicted molar refractivity (Wildman–Crippen MR) is 133 cm³/mol. The van der Waals surface area contributed by atoms with Gasteiger partial charge in [0.05, 0.1) is 19.2 Å². The summed E-state index contributed by atoms with van der Waals surface area (Å²) in [6, 6.07) is 16.1. The number of hydrogen-bond acceptors (Lipinski definition) is 6. The molecule has 0 aliphatic rings. The van der Waals surface area contributed by atoms with Crippen molar-refractivity contribution in [1.29, 1.82) is 0 Å². The second-order valence-electron chi connectivity index (χ2n) is 9.57. The van der Waals surface area contributed by atoms with E-state index in [1.54, 1.807) is 7.11 Å². The minimum absolute atomic E-state index is 0.0770. The molecular weight excluding hydrogens is 428 g/mol. The molecule has 8 nitrogen and oxygen atoms in total. The van der Waals surface area contributed by atoms with Gasteiger partial charge in [-0.2, -0.15) is 0 Å². The lowest BCUT2D eigenvalue weighted by molar-refractivity contribution is 0.223. The van der Waals surface area contributed by atoms with Crippen molar-refractivity contribution in [2.45, 2.75) is 59.3 Å². The van der Waals surface area contributed by atoms with E-state index in [1.807, 2.05) is 41.1 Å². The zero-order chi connectivity index (χ0) is 24.3. The maximum Gasteiger partial charge on any atom is 0.252 e. The van der Waals surface area contributed by atoms with Gasteiger partial charge in [-0.1, -0.05) is 25.1 Å². The number of H-pyrrole nitrogens is 1. The zero-order valence-corrected chi connectivity index (χ0v) is 20.5. The highest BCUT2D eigenvalue weighted by Crippen LogP contribution is 2.20. The first kappa shape index (κ1) is 23.6. The van der Waals surface area contributed by atoms with Gasteiger partial charge in [-0.3, -0.25) is 9.69 Å². The third-order valence-corrected chi connectivity index (χ3v) is 5.89. The van der Waals surface area contributed by atoms with E-state index in [9.17, 15) is 4.79 Å². The second kappa shape index (κ2) is 9.77. The van der Waals surface area contributed by atoms with E-state index in [0.29, 0.717) is 25.2 Å². The summed E-state index contributed by atoms with van der Waals surface area (Å²) in [6.45, 7) is 9.94. The Bertz CT molecular complexity index is 1320. The smallest absolute Gasteiger partial charge is 0.252 e. The lowest BCUT2D eigenvalue weighted by atomic mass is 10.1. The molecule has 2 aromatic carbocycles. The molecule has 0 saturated carbocycles. The van der Waals surface area contributed by atoms with Gasteiger partial charge in [0.2, 0.25) is 0 Å². The van der Waals surface area contributed by atoms with E-state index < -0.39 is 0 Å². The topological polar surface area (TPSA) is 88.9 Å². The Morgan fingerprint density at radius 3 is 2.41 bits per heavy atom. The molecule has 34 heavy (non-hydrogen) atoms. The van der Waals surface area contributed by atoms with Crippen LogP contribution in [0.3, 0.4) is 0 Å². The van der Waals surface area contributed by atoms with Gasteiger partial charge in [-0.05, 0) is 84.5 Å². The van der Waals surface area contributed by atoms with Crippen molar-refractivity contribution in [2.24, 2.45) is 0 Å². The number of nitrogens with zero attached hydrogens (tertiary/aromatic N) is 5. The van der Waals surface area contributed by atoms with E-state index in [-0.39, 0.29) is 11.1 Å². The van der Waals surface area contributed by atoms with Crippen LogP contribution >= 0.6 is 0 Å². The number of ether oxygens (including phenoxy) is 1. The van der Waals surface area contributed by atoms with Crippen molar-refractivity contribution >= 4 is 10.9 Å². The summed E-state index contributed by atoms with van der Waals surface area (Å²) in [5.74, 6) is 1.57. The fraction of sp³-hybridized carbons (Fsp3) is 0.385. The summed E-state index contributed by atoms with van der Waals surface area (Å²) in [7, 11) is 1.66. The number of nitrogens with one attached hydrogen (secondary N) is 1. The van der Waals surface area contributed by atoms with Crippen LogP contribution in [-0.4, -0.2) is 37.2 Å². The fourth-order valence-corrected chi connectivity index (χ4v) is 4.06. The van der Waals surface area contributed by atoms with Gasteiger partial charge in [-0.15, -0.1) is 5.10 Å². The molecule has 0 spiro atoms. The molecule has 2 aromatic heterocycles. The summed E-state index contributed by atoms with van der Waals surface area (Å²) in [5.41, 5.74) is 3.59. The highest BCUT2D eigenvalue weighted by molar-refractivity contribution is 5.79. The van der Waals surface area contributed by atoms with Crippen LogP contribution in [0.25, 0.3) is 10.9 Å². The van der Waals surface area contributed by atoms with Crippen LogP contribution < -0.4 is 10.3 Å². The Labute approximate surface area is 199 Å². The quantitative estimate of drug-likeness (QED) is 0.427. The Morgan fingerprint density at radius 2 is 1.74 bits per heavy atom. The minimum Gasteiger partial charge on any atom is -0.497 e. The zero-order valence-electron chi connectivity index (χ0n) is 20.5. The van der Waals surface area contributed by atoms with Gasteiger partial charge in [0.25, 0.3) is 5.56 Å². The highest BCUT2D eigenvalue weighted by Gasteiger charge is 2.22. The normalized spacial score (nSPS) is 11.9. The van der Waals surface area contributed by atoms with Crippen molar-refractivity contribution in [2.75, 3.05) is 7.11 Å². The van der Waals surface area contributed by atoms with Gasteiger partial charge >= 0.3 is 0 Å². The van der Waals surface area contributed by atoms with Gasteiger partial charge in [-0.25, -0.2) is 4.68 Å². The van der Waals surface area contributed by atoms with Crippen molar-refractivity contribution in [3.8, 4) is 5.75 Å². The Balaban J connectivity index is 1.68. The molecule has 178 valence electrons. The SMILES string of the molecule is CCc1ccc2[nH]c(=O)c(CN(Cc3ccc(OC)cc3)Cc3nnnn3C(C)(C)C)cc2c1. The summed E-state index contributed by atoms with van der Waals surface area (Å²) >= 11 is 0. The molecule has 0 aliphatic carbocycles. The molecule has 0 bridgehead atoms. The van der Waals surface area contributed by atoms with Gasteiger partial charge in [0, 0.05) is 24.2 Å². The third-order valence-electron chi connectivity index (χ3n) is 5.89. The van der Waals surface area contributed by atoms with E-state index >= 15 is 0 Å². The lowest BCUT2D eigenvalue weighted by Gasteiger charge is -2.25. The Hall–Kier alpha value is -3.52. The number of aryl methyl sites for hydroxylation is 1. The van der Waals surface area contributed by atoms with Crippen molar-refractivity contribution in [3.05, 3.63) is 81.4 Å². The lowest BCUT2D eigenvalue weighted by Crippen LogP contribution is -2.31. The standard InChI is InChI=1S/C26H32N6O2/c1-6-18-9-12-23-20(13-18)14-21(25(33)27-23)16-31(15-19-7-10-22(34-5)11-8-19)17-24-28-29-30-32(24)26(2,3)4/h7-14H,6,15-17H2,1-5H3,(H,27,33). The largest absolute Gasteiger partial charge is 0.497 e. The Morgan fingerprint density at radius 1 is 1.00 bits per heavy atom. The number of fused-ring (bicyclic) bond motifs is 1.